The van der Waals surface area contributed by atoms with E-state index in [1.165, 1.54) is 19.3 Å². The Morgan fingerprint density at radius 3 is 2.27 bits per heavy atom. The van der Waals surface area contributed by atoms with Crippen LogP contribution >= 0.6 is 0 Å². The van der Waals surface area contributed by atoms with Gasteiger partial charge in [-0.1, -0.05) is 20.8 Å². The third-order valence-corrected chi connectivity index (χ3v) is 1.92. The minimum atomic E-state index is 0.840. The van der Waals surface area contributed by atoms with Gasteiger partial charge in [-0.3, -0.25) is 0 Å². The van der Waals surface area contributed by atoms with Crippen molar-refractivity contribution in [2.45, 2.75) is 40.0 Å². The van der Waals surface area contributed by atoms with Crippen molar-refractivity contribution in [2.24, 2.45) is 11.8 Å². The average Bonchev–Trinajstić information content (AvgIpc) is 1.86. The van der Waals surface area contributed by atoms with Gasteiger partial charge in [0.05, 0.1) is 0 Å². The van der Waals surface area contributed by atoms with Gasteiger partial charge in [0.15, 0.2) is 0 Å². The van der Waals surface area contributed by atoms with Crippen molar-refractivity contribution in [2.75, 3.05) is 13.7 Å². The van der Waals surface area contributed by atoms with Crippen LogP contribution in [0.4, 0.5) is 0 Å². The Morgan fingerprint density at radius 1 is 1.18 bits per heavy atom. The molecule has 0 radical (unpaired) electrons. The predicted octanol–water partition coefficient (Wildman–Crippen LogP) is 3.10. The fourth-order valence-corrected chi connectivity index (χ4v) is 1.50. The van der Waals surface area contributed by atoms with Gasteiger partial charge in [-0.05, 0) is 31.1 Å². The van der Waals surface area contributed by atoms with Crippen LogP contribution in [0.5, 0.6) is 0 Å². The van der Waals surface area contributed by atoms with Gasteiger partial charge in [0.25, 0.3) is 0 Å². The zero-order valence-electron chi connectivity index (χ0n) is 8.39. The third kappa shape index (κ3) is 7.86. The first-order valence-corrected chi connectivity index (χ1v) is 4.65. The second kappa shape index (κ2) is 6.66. The van der Waals surface area contributed by atoms with Gasteiger partial charge >= 0.3 is 0 Å². The molecule has 1 unspecified atom stereocenters. The third-order valence-electron chi connectivity index (χ3n) is 1.92. The Hall–Kier alpha value is -0.0400. The van der Waals surface area contributed by atoms with Crippen LogP contribution < -0.4 is 0 Å². The second-order valence-electron chi connectivity index (χ2n) is 3.87. The first-order chi connectivity index (χ1) is 5.16. The van der Waals surface area contributed by atoms with Crippen LogP contribution in [0.15, 0.2) is 0 Å². The van der Waals surface area contributed by atoms with Crippen molar-refractivity contribution >= 4 is 0 Å². The molecule has 0 aromatic rings. The molecule has 0 fully saturated rings. The summed E-state index contributed by atoms with van der Waals surface area (Å²) in [6.45, 7) is 7.82. The lowest BCUT2D eigenvalue weighted by Crippen LogP contribution is -2.01. The van der Waals surface area contributed by atoms with E-state index >= 15 is 0 Å². The second-order valence-corrected chi connectivity index (χ2v) is 3.87. The lowest BCUT2D eigenvalue weighted by atomic mass is 9.95. The van der Waals surface area contributed by atoms with E-state index in [2.05, 4.69) is 20.8 Å². The molecule has 0 aliphatic carbocycles. The lowest BCUT2D eigenvalue weighted by Gasteiger charge is -2.12. The van der Waals surface area contributed by atoms with Crippen LogP contribution in [-0.2, 0) is 4.74 Å². The molecule has 1 atom stereocenters. The maximum Gasteiger partial charge on any atom is 0.0462 e. The Kier molecular flexibility index (Phi) is 6.63. The lowest BCUT2D eigenvalue weighted by molar-refractivity contribution is 0.186. The van der Waals surface area contributed by atoms with Crippen LogP contribution in [0.2, 0.25) is 0 Å². The molecule has 0 rings (SSSR count). The molecule has 0 N–H and O–H groups in total. The molecular formula is C10H22O. The molecule has 0 aromatic heterocycles. The van der Waals surface area contributed by atoms with E-state index in [-0.39, 0.29) is 0 Å². The van der Waals surface area contributed by atoms with Crippen LogP contribution in [0.25, 0.3) is 0 Å². The summed E-state index contributed by atoms with van der Waals surface area (Å²) < 4.78 is 5.00. The first kappa shape index (κ1) is 11.0. The summed E-state index contributed by atoms with van der Waals surface area (Å²) in [6, 6.07) is 0. The van der Waals surface area contributed by atoms with Crippen molar-refractivity contribution in [1.82, 2.24) is 0 Å². The van der Waals surface area contributed by atoms with Gasteiger partial charge in [0.1, 0.15) is 0 Å². The number of hydrogen-bond donors (Lipinski definition) is 0. The highest BCUT2D eigenvalue weighted by Crippen LogP contribution is 2.15. The van der Waals surface area contributed by atoms with Crippen LogP contribution in [0.1, 0.15) is 40.0 Å². The molecule has 0 bridgehead atoms. The minimum absolute atomic E-state index is 0.840. The highest BCUT2D eigenvalue weighted by atomic mass is 16.5. The molecule has 1 nitrogen and oxygen atoms in total. The highest BCUT2D eigenvalue weighted by Gasteiger charge is 2.03. The first-order valence-electron chi connectivity index (χ1n) is 4.65. The van der Waals surface area contributed by atoms with E-state index in [1.54, 1.807) is 7.11 Å². The average molecular weight is 158 g/mol. The van der Waals surface area contributed by atoms with Crippen molar-refractivity contribution in [3.05, 3.63) is 0 Å². The molecule has 0 saturated carbocycles. The summed E-state index contributed by atoms with van der Waals surface area (Å²) in [5, 5.41) is 0. The van der Waals surface area contributed by atoms with E-state index in [9.17, 15) is 0 Å². The van der Waals surface area contributed by atoms with E-state index in [0.29, 0.717) is 0 Å². The number of methoxy groups -OCH3 is 1. The van der Waals surface area contributed by atoms with Crippen LogP contribution in [0.3, 0.4) is 0 Å². The summed E-state index contributed by atoms with van der Waals surface area (Å²) in [7, 11) is 1.77. The fraction of sp³-hybridized carbons (Fsp3) is 1.00. The molecule has 68 valence electrons. The maximum atomic E-state index is 5.00. The maximum absolute atomic E-state index is 5.00. The molecule has 0 saturated heterocycles. The molecule has 0 aliphatic rings. The Bertz CT molecular complexity index is 78.9. The normalized spacial score (nSPS) is 13.9. The monoisotopic (exact) mass is 158 g/mol. The quantitative estimate of drug-likeness (QED) is 0.540. The molecular weight excluding hydrogens is 136 g/mol. The molecule has 1 heteroatoms. The van der Waals surface area contributed by atoms with Crippen molar-refractivity contribution in [3.8, 4) is 0 Å². The molecule has 11 heavy (non-hydrogen) atoms. The van der Waals surface area contributed by atoms with Gasteiger partial charge in [0, 0.05) is 13.7 Å². The summed E-state index contributed by atoms with van der Waals surface area (Å²) in [6.07, 6.45) is 3.88. The predicted molar refractivity (Wildman–Crippen MR) is 49.7 cm³/mol. The standard InChI is InChI=1S/C10H22O/c1-9(2)8-10(3)6-5-7-11-4/h9-10H,5-8H2,1-4H3. The highest BCUT2D eigenvalue weighted by molar-refractivity contribution is 4.55. The van der Waals surface area contributed by atoms with Crippen LogP contribution in [-0.4, -0.2) is 13.7 Å². The number of ether oxygens (including phenoxy) is 1. The van der Waals surface area contributed by atoms with Gasteiger partial charge in [0.2, 0.25) is 0 Å². The van der Waals surface area contributed by atoms with E-state index in [1.807, 2.05) is 0 Å². The summed E-state index contributed by atoms with van der Waals surface area (Å²) in [4.78, 5) is 0. The van der Waals surface area contributed by atoms with Gasteiger partial charge in [-0.2, -0.15) is 0 Å². The van der Waals surface area contributed by atoms with Crippen molar-refractivity contribution in [3.63, 3.8) is 0 Å². The summed E-state index contributed by atoms with van der Waals surface area (Å²) in [5.74, 6) is 1.71. The van der Waals surface area contributed by atoms with E-state index in [0.717, 1.165) is 18.4 Å². The smallest absolute Gasteiger partial charge is 0.0462 e. The molecule has 0 amide bonds. The number of rotatable bonds is 6. The van der Waals surface area contributed by atoms with E-state index in [4.69, 9.17) is 4.74 Å². The SMILES string of the molecule is COCCCC(C)CC(C)C. The molecule has 0 heterocycles. The topological polar surface area (TPSA) is 9.23 Å². The number of hydrogen-bond acceptors (Lipinski definition) is 1. The molecule has 0 spiro atoms. The van der Waals surface area contributed by atoms with Crippen molar-refractivity contribution < 1.29 is 4.74 Å². The Labute approximate surface area is 71.1 Å². The largest absolute Gasteiger partial charge is 0.385 e. The molecule has 0 aromatic carbocycles. The summed E-state index contributed by atoms with van der Waals surface area (Å²) in [5.41, 5.74) is 0. The fourth-order valence-electron chi connectivity index (χ4n) is 1.50. The van der Waals surface area contributed by atoms with Gasteiger partial charge in [-0.15, -0.1) is 0 Å². The zero-order chi connectivity index (χ0) is 8.69. The summed E-state index contributed by atoms with van der Waals surface area (Å²) >= 11 is 0. The molecule has 0 aliphatic heterocycles. The minimum Gasteiger partial charge on any atom is -0.385 e. The van der Waals surface area contributed by atoms with Crippen molar-refractivity contribution in [1.29, 1.82) is 0 Å². The van der Waals surface area contributed by atoms with E-state index < -0.39 is 0 Å². The van der Waals surface area contributed by atoms with Crippen LogP contribution in [0, 0.1) is 11.8 Å². The van der Waals surface area contributed by atoms with Gasteiger partial charge < -0.3 is 4.74 Å². The Morgan fingerprint density at radius 2 is 1.82 bits per heavy atom. The van der Waals surface area contributed by atoms with Gasteiger partial charge in [-0.25, -0.2) is 0 Å². The zero-order valence-corrected chi connectivity index (χ0v) is 8.39. The Balaban J connectivity index is 3.15.